The lowest BCUT2D eigenvalue weighted by atomic mass is 9.91. The third-order valence-corrected chi connectivity index (χ3v) is 4.17. The number of hydrogen-bond donors (Lipinski definition) is 1. The van der Waals surface area contributed by atoms with Gasteiger partial charge in [-0.05, 0) is 58.9 Å². The first-order chi connectivity index (χ1) is 11.6. The van der Waals surface area contributed by atoms with Crippen molar-refractivity contribution in [2.24, 2.45) is 0 Å². The van der Waals surface area contributed by atoms with Crippen molar-refractivity contribution in [3.63, 3.8) is 0 Å². The Hall–Kier alpha value is -2.28. The first-order valence-electron chi connectivity index (χ1n) is 8.35. The van der Waals surface area contributed by atoms with E-state index < -0.39 is 0 Å². The van der Waals surface area contributed by atoms with E-state index in [1.807, 2.05) is 0 Å². The van der Waals surface area contributed by atoms with Crippen molar-refractivity contribution in [3.8, 4) is 5.69 Å². The minimum absolute atomic E-state index is 0.162. The van der Waals surface area contributed by atoms with Gasteiger partial charge in [0, 0.05) is 24.2 Å². The quantitative estimate of drug-likeness (QED) is 0.907. The number of carbonyl (C=O) groups excluding carboxylic acids is 1. The predicted molar refractivity (Wildman–Crippen MR) is 93.3 cm³/mol. The average molecular weight is 345 g/mol. The molecule has 2 heterocycles. The lowest BCUT2D eigenvalue weighted by Gasteiger charge is -2.47. The Morgan fingerprint density at radius 3 is 2.24 bits per heavy atom. The maximum Gasteiger partial charge on any atom is 0.293 e. The van der Waals surface area contributed by atoms with Crippen LogP contribution in [0.1, 0.15) is 44.1 Å². The number of aryl methyl sites for hydroxylation is 1. The van der Waals surface area contributed by atoms with E-state index in [0.717, 1.165) is 0 Å². The van der Waals surface area contributed by atoms with Crippen LogP contribution in [0.3, 0.4) is 0 Å². The second-order valence-electron chi connectivity index (χ2n) is 7.92. The molecule has 7 heteroatoms. The summed E-state index contributed by atoms with van der Waals surface area (Å²) in [7, 11) is 0. The molecule has 134 valence electrons. The number of piperazine rings is 1. The Balaban J connectivity index is 1.88. The SMILES string of the molecule is Cc1nc(C(=O)N2CC(C)(C)NC(C)(C)C2)nn1-c1ccc(F)cc1. The number of hydrogen-bond acceptors (Lipinski definition) is 4. The van der Waals surface area contributed by atoms with Gasteiger partial charge in [0.15, 0.2) is 0 Å². The molecule has 6 nitrogen and oxygen atoms in total. The fourth-order valence-corrected chi connectivity index (χ4v) is 3.60. The topological polar surface area (TPSA) is 63.1 Å². The molecule has 1 amide bonds. The summed E-state index contributed by atoms with van der Waals surface area (Å²) in [4.78, 5) is 19.0. The minimum Gasteiger partial charge on any atom is -0.332 e. The fraction of sp³-hybridized carbons (Fsp3) is 0.500. The normalized spacial score (nSPS) is 19.0. The molecule has 1 aliphatic heterocycles. The highest BCUT2D eigenvalue weighted by molar-refractivity contribution is 5.90. The second kappa shape index (κ2) is 5.91. The third kappa shape index (κ3) is 3.71. The molecule has 1 saturated heterocycles. The highest BCUT2D eigenvalue weighted by Crippen LogP contribution is 2.22. The third-order valence-electron chi connectivity index (χ3n) is 4.17. The van der Waals surface area contributed by atoms with Crippen LogP contribution in [0.25, 0.3) is 5.69 Å². The second-order valence-corrected chi connectivity index (χ2v) is 7.92. The maximum atomic E-state index is 13.1. The molecule has 0 aliphatic carbocycles. The zero-order chi connectivity index (χ0) is 18.4. The molecule has 0 saturated carbocycles. The van der Waals surface area contributed by atoms with Gasteiger partial charge in [-0.3, -0.25) is 4.79 Å². The standard InChI is InChI=1S/C18H24FN5O/c1-12-20-15(21-24(12)14-8-6-13(19)7-9-14)16(25)23-10-17(2,3)22-18(4,5)11-23/h6-9,22H,10-11H2,1-5H3. The van der Waals surface area contributed by atoms with E-state index in [0.29, 0.717) is 24.6 Å². The fourth-order valence-electron chi connectivity index (χ4n) is 3.60. The van der Waals surface area contributed by atoms with Crippen molar-refractivity contribution in [1.29, 1.82) is 0 Å². The molecular weight excluding hydrogens is 321 g/mol. The number of nitrogens with zero attached hydrogens (tertiary/aromatic N) is 4. The molecule has 3 rings (SSSR count). The van der Waals surface area contributed by atoms with Gasteiger partial charge in [0.05, 0.1) is 5.69 Å². The van der Waals surface area contributed by atoms with Crippen LogP contribution in [0.5, 0.6) is 0 Å². The number of nitrogens with one attached hydrogen (secondary N) is 1. The molecule has 1 N–H and O–H groups in total. The predicted octanol–water partition coefficient (Wildman–Crippen LogP) is 2.32. The molecule has 1 aromatic heterocycles. The van der Waals surface area contributed by atoms with Crippen LogP contribution in [0.15, 0.2) is 24.3 Å². The van der Waals surface area contributed by atoms with Crippen molar-refractivity contribution in [2.75, 3.05) is 13.1 Å². The molecule has 1 fully saturated rings. The van der Waals surface area contributed by atoms with Crippen molar-refractivity contribution in [1.82, 2.24) is 25.0 Å². The molecule has 2 aromatic rings. The molecule has 0 atom stereocenters. The highest BCUT2D eigenvalue weighted by Gasteiger charge is 2.39. The van der Waals surface area contributed by atoms with Gasteiger partial charge in [0.1, 0.15) is 11.6 Å². The van der Waals surface area contributed by atoms with Crippen molar-refractivity contribution in [3.05, 3.63) is 41.7 Å². The Labute approximate surface area is 147 Å². The van der Waals surface area contributed by atoms with Crippen molar-refractivity contribution >= 4 is 5.91 Å². The van der Waals surface area contributed by atoms with Gasteiger partial charge in [-0.2, -0.15) is 0 Å². The summed E-state index contributed by atoms with van der Waals surface area (Å²) in [5, 5.41) is 7.89. The Morgan fingerprint density at radius 2 is 1.68 bits per heavy atom. The van der Waals surface area contributed by atoms with Crippen molar-refractivity contribution in [2.45, 2.75) is 45.7 Å². The largest absolute Gasteiger partial charge is 0.332 e. The molecule has 1 aliphatic rings. The van der Waals surface area contributed by atoms with E-state index in [1.165, 1.54) is 12.1 Å². The number of halogens is 1. The number of aromatic nitrogens is 3. The molecule has 0 bridgehead atoms. The monoisotopic (exact) mass is 345 g/mol. The van der Waals surface area contributed by atoms with Crippen LogP contribution in [-0.4, -0.2) is 49.7 Å². The molecular formula is C18H24FN5O. The van der Waals surface area contributed by atoms with Crippen LogP contribution in [-0.2, 0) is 0 Å². The summed E-state index contributed by atoms with van der Waals surface area (Å²) in [6, 6.07) is 5.95. The summed E-state index contributed by atoms with van der Waals surface area (Å²) in [5.74, 6) is 0.244. The van der Waals surface area contributed by atoms with Gasteiger partial charge in [0.2, 0.25) is 5.82 Å². The summed E-state index contributed by atoms with van der Waals surface area (Å²) < 4.78 is 14.7. The average Bonchev–Trinajstić information content (AvgIpc) is 2.86. The summed E-state index contributed by atoms with van der Waals surface area (Å²) in [6.45, 7) is 11.2. The van der Waals surface area contributed by atoms with E-state index in [2.05, 4.69) is 43.1 Å². The van der Waals surface area contributed by atoms with Crippen LogP contribution in [0.2, 0.25) is 0 Å². The number of rotatable bonds is 2. The Morgan fingerprint density at radius 1 is 1.12 bits per heavy atom. The first kappa shape index (κ1) is 17.5. The van der Waals surface area contributed by atoms with E-state index in [4.69, 9.17) is 0 Å². The van der Waals surface area contributed by atoms with E-state index in [9.17, 15) is 9.18 Å². The zero-order valence-electron chi connectivity index (χ0n) is 15.3. The van der Waals surface area contributed by atoms with Crippen LogP contribution in [0, 0.1) is 12.7 Å². The Bertz CT molecular complexity index is 778. The van der Waals surface area contributed by atoms with Gasteiger partial charge in [0.25, 0.3) is 5.91 Å². The highest BCUT2D eigenvalue weighted by atomic mass is 19.1. The molecule has 0 radical (unpaired) electrons. The molecule has 0 spiro atoms. The lowest BCUT2D eigenvalue weighted by molar-refractivity contribution is 0.0461. The Kier molecular flexibility index (Phi) is 4.15. The first-order valence-corrected chi connectivity index (χ1v) is 8.35. The molecule has 0 unspecified atom stereocenters. The van der Waals surface area contributed by atoms with E-state index in [1.54, 1.807) is 28.6 Å². The van der Waals surface area contributed by atoms with Gasteiger partial charge in [-0.1, -0.05) is 0 Å². The smallest absolute Gasteiger partial charge is 0.293 e. The lowest BCUT2D eigenvalue weighted by Crippen LogP contribution is -2.67. The maximum absolute atomic E-state index is 13.1. The van der Waals surface area contributed by atoms with Gasteiger partial charge in [-0.25, -0.2) is 14.1 Å². The molecule has 25 heavy (non-hydrogen) atoms. The molecule has 1 aromatic carbocycles. The summed E-state index contributed by atoms with van der Waals surface area (Å²) >= 11 is 0. The van der Waals surface area contributed by atoms with Crippen LogP contribution < -0.4 is 5.32 Å². The van der Waals surface area contributed by atoms with Crippen LogP contribution >= 0.6 is 0 Å². The van der Waals surface area contributed by atoms with Crippen LogP contribution in [0.4, 0.5) is 4.39 Å². The summed E-state index contributed by atoms with van der Waals surface area (Å²) in [5.41, 5.74) is 0.296. The zero-order valence-corrected chi connectivity index (χ0v) is 15.3. The number of amides is 1. The minimum atomic E-state index is -0.317. The van der Waals surface area contributed by atoms with E-state index in [-0.39, 0.29) is 28.6 Å². The van der Waals surface area contributed by atoms with E-state index >= 15 is 0 Å². The van der Waals surface area contributed by atoms with Gasteiger partial charge in [-0.15, -0.1) is 5.10 Å². The summed E-state index contributed by atoms with van der Waals surface area (Å²) in [6.07, 6.45) is 0. The number of carbonyl (C=O) groups is 1. The van der Waals surface area contributed by atoms with Crippen molar-refractivity contribution < 1.29 is 9.18 Å². The van der Waals surface area contributed by atoms with Gasteiger partial charge < -0.3 is 10.2 Å². The number of benzene rings is 1. The van der Waals surface area contributed by atoms with Gasteiger partial charge >= 0.3 is 0 Å².